The van der Waals surface area contributed by atoms with Crippen molar-refractivity contribution in [3.05, 3.63) is 0 Å². The van der Waals surface area contributed by atoms with Crippen molar-refractivity contribution in [3.8, 4) is 0 Å². The van der Waals surface area contributed by atoms with Crippen molar-refractivity contribution in [2.45, 2.75) is 38.0 Å². The number of hydrogen-bond acceptors (Lipinski definition) is 2. The van der Waals surface area contributed by atoms with Gasteiger partial charge in [-0.05, 0) is 12.8 Å². The van der Waals surface area contributed by atoms with Crippen LogP contribution in [0.1, 0.15) is 19.8 Å². The van der Waals surface area contributed by atoms with E-state index in [1.165, 1.54) is 0 Å². The zero-order valence-electron chi connectivity index (χ0n) is 7.72. The van der Waals surface area contributed by atoms with E-state index >= 15 is 0 Å². The predicted octanol–water partition coefficient (Wildman–Crippen LogP) is 0.211. The first-order valence-corrected chi connectivity index (χ1v) is 4.85. The highest BCUT2D eigenvalue weighted by atomic mass is 19.1. The standard InChI is InChI=1S/C9H15FN2O/c1-5-6(10)2-3-7-9(5)12-8(13)4-11-7/h5-7,9,11H,2-4H2,1H3,(H,12,13). The van der Waals surface area contributed by atoms with Crippen molar-refractivity contribution in [3.63, 3.8) is 0 Å². The SMILES string of the molecule is CC1C(F)CCC2NCC(=O)NC21. The van der Waals surface area contributed by atoms with E-state index < -0.39 is 6.17 Å². The Morgan fingerprint density at radius 3 is 3.00 bits per heavy atom. The Morgan fingerprint density at radius 1 is 1.46 bits per heavy atom. The summed E-state index contributed by atoms with van der Waals surface area (Å²) in [6, 6.07) is 0.268. The molecule has 0 aromatic rings. The van der Waals surface area contributed by atoms with E-state index in [1.54, 1.807) is 0 Å². The molecule has 74 valence electrons. The molecule has 0 bridgehead atoms. The van der Waals surface area contributed by atoms with Gasteiger partial charge in [-0.15, -0.1) is 0 Å². The lowest BCUT2D eigenvalue weighted by Gasteiger charge is -2.42. The van der Waals surface area contributed by atoms with Crippen molar-refractivity contribution >= 4 is 5.91 Å². The summed E-state index contributed by atoms with van der Waals surface area (Å²) >= 11 is 0. The molecule has 0 radical (unpaired) electrons. The topological polar surface area (TPSA) is 41.1 Å². The van der Waals surface area contributed by atoms with Gasteiger partial charge in [0.15, 0.2) is 0 Å². The first kappa shape index (κ1) is 8.94. The van der Waals surface area contributed by atoms with Gasteiger partial charge in [0.05, 0.1) is 6.54 Å². The molecule has 1 saturated carbocycles. The molecular formula is C9H15FN2O. The number of carbonyl (C=O) groups is 1. The highest BCUT2D eigenvalue weighted by molar-refractivity contribution is 5.79. The Bertz CT molecular complexity index is 220. The van der Waals surface area contributed by atoms with E-state index in [9.17, 15) is 9.18 Å². The monoisotopic (exact) mass is 186 g/mol. The molecule has 2 fully saturated rings. The minimum Gasteiger partial charge on any atom is -0.350 e. The van der Waals surface area contributed by atoms with Crippen LogP contribution in [0.5, 0.6) is 0 Å². The molecule has 4 unspecified atom stereocenters. The van der Waals surface area contributed by atoms with Crippen LogP contribution in [0, 0.1) is 5.92 Å². The largest absolute Gasteiger partial charge is 0.350 e. The maximum atomic E-state index is 13.3. The van der Waals surface area contributed by atoms with Crippen molar-refractivity contribution in [1.29, 1.82) is 0 Å². The Morgan fingerprint density at radius 2 is 2.23 bits per heavy atom. The van der Waals surface area contributed by atoms with Crippen molar-refractivity contribution in [1.82, 2.24) is 10.6 Å². The fraction of sp³-hybridized carbons (Fsp3) is 0.889. The second-order valence-corrected chi connectivity index (χ2v) is 4.03. The minimum absolute atomic E-state index is 0.00926. The number of halogens is 1. The lowest BCUT2D eigenvalue weighted by molar-refractivity contribution is -0.124. The highest BCUT2D eigenvalue weighted by Gasteiger charge is 2.39. The van der Waals surface area contributed by atoms with Crippen LogP contribution in [0.3, 0.4) is 0 Å². The van der Waals surface area contributed by atoms with Gasteiger partial charge in [0.1, 0.15) is 6.17 Å². The molecule has 1 aliphatic carbocycles. The number of piperazine rings is 1. The van der Waals surface area contributed by atoms with Crippen molar-refractivity contribution < 1.29 is 9.18 Å². The molecular weight excluding hydrogens is 171 g/mol. The van der Waals surface area contributed by atoms with Crippen LogP contribution in [0.25, 0.3) is 0 Å². The van der Waals surface area contributed by atoms with Gasteiger partial charge in [0.25, 0.3) is 0 Å². The number of carbonyl (C=O) groups excluding carboxylic acids is 1. The molecule has 2 aliphatic rings. The van der Waals surface area contributed by atoms with Crippen LogP contribution in [0.2, 0.25) is 0 Å². The summed E-state index contributed by atoms with van der Waals surface area (Å²) in [6.45, 7) is 2.25. The van der Waals surface area contributed by atoms with Crippen LogP contribution in [0.15, 0.2) is 0 Å². The molecule has 4 heteroatoms. The van der Waals surface area contributed by atoms with E-state index in [-0.39, 0.29) is 23.9 Å². The lowest BCUT2D eigenvalue weighted by Crippen LogP contribution is -2.64. The van der Waals surface area contributed by atoms with E-state index in [0.717, 1.165) is 6.42 Å². The fourth-order valence-corrected chi connectivity index (χ4v) is 2.29. The van der Waals surface area contributed by atoms with Crippen molar-refractivity contribution in [2.24, 2.45) is 5.92 Å². The predicted molar refractivity (Wildman–Crippen MR) is 47.0 cm³/mol. The second-order valence-electron chi connectivity index (χ2n) is 4.03. The van der Waals surface area contributed by atoms with Gasteiger partial charge in [0.2, 0.25) is 5.91 Å². The van der Waals surface area contributed by atoms with Crippen molar-refractivity contribution in [2.75, 3.05) is 6.54 Å². The quantitative estimate of drug-likeness (QED) is 0.568. The van der Waals surface area contributed by atoms with E-state index in [4.69, 9.17) is 0 Å². The minimum atomic E-state index is -0.763. The van der Waals surface area contributed by atoms with Gasteiger partial charge in [-0.3, -0.25) is 4.79 Å². The van der Waals surface area contributed by atoms with Crippen LogP contribution in [-0.4, -0.2) is 30.7 Å². The Balaban J connectivity index is 2.08. The summed E-state index contributed by atoms with van der Waals surface area (Å²) in [6.07, 6.45) is 0.684. The third-order valence-corrected chi connectivity index (χ3v) is 3.18. The van der Waals surface area contributed by atoms with Crippen LogP contribution in [-0.2, 0) is 4.79 Å². The van der Waals surface area contributed by atoms with Gasteiger partial charge in [-0.25, -0.2) is 4.39 Å². The summed E-state index contributed by atoms with van der Waals surface area (Å²) in [7, 11) is 0. The summed E-state index contributed by atoms with van der Waals surface area (Å²) in [4.78, 5) is 11.1. The van der Waals surface area contributed by atoms with E-state index in [0.29, 0.717) is 13.0 Å². The van der Waals surface area contributed by atoms with Crippen LogP contribution < -0.4 is 10.6 Å². The van der Waals surface area contributed by atoms with Gasteiger partial charge in [-0.2, -0.15) is 0 Å². The van der Waals surface area contributed by atoms with E-state index in [1.807, 2.05) is 6.92 Å². The Kier molecular flexibility index (Phi) is 2.24. The third kappa shape index (κ3) is 1.55. The molecule has 13 heavy (non-hydrogen) atoms. The zero-order valence-corrected chi connectivity index (χ0v) is 7.72. The first-order valence-electron chi connectivity index (χ1n) is 4.85. The first-order chi connectivity index (χ1) is 6.18. The van der Waals surface area contributed by atoms with Crippen LogP contribution >= 0.6 is 0 Å². The molecule has 2 N–H and O–H groups in total. The summed E-state index contributed by atoms with van der Waals surface area (Å²) in [5.74, 6) is -0.0716. The number of fused-ring (bicyclic) bond motifs is 1. The molecule has 0 aromatic heterocycles. The summed E-state index contributed by atoms with van der Waals surface area (Å²) in [5.41, 5.74) is 0. The molecule has 1 aliphatic heterocycles. The molecule has 3 nitrogen and oxygen atoms in total. The number of amides is 1. The van der Waals surface area contributed by atoms with Gasteiger partial charge >= 0.3 is 0 Å². The molecule has 0 aromatic carbocycles. The molecule has 0 spiro atoms. The second kappa shape index (κ2) is 3.25. The number of alkyl halides is 1. The summed E-state index contributed by atoms with van der Waals surface area (Å²) in [5, 5.41) is 6.00. The number of rotatable bonds is 0. The number of nitrogens with one attached hydrogen (secondary N) is 2. The van der Waals surface area contributed by atoms with Gasteiger partial charge in [-0.1, -0.05) is 6.92 Å². The number of hydrogen-bond donors (Lipinski definition) is 2. The highest BCUT2D eigenvalue weighted by Crippen LogP contribution is 2.28. The normalized spacial score (nSPS) is 45.2. The molecule has 4 atom stereocenters. The Labute approximate surface area is 77.1 Å². The molecule has 1 amide bonds. The van der Waals surface area contributed by atoms with Crippen LogP contribution in [0.4, 0.5) is 4.39 Å². The molecule has 1 saturated heterocycles. The smallest absolute Gasteiger partial charge is 0.234 e. The zero-order chi connectivity index (χ0) is 9.42. The lowest BCUT2D eigenvalue weighted by atomic mass is 9.80. The summed E-state index contributed by atoms with van der Waals surface area (Å²) < 4.78 is 13.3. The van der Waals surface area contributed by atoms with Gasteiger partial charge in [0, 0.05) is 18.0 Å². The maximum absolute atomic E-state index is 13.3. The van der Waals surface area contributed by atoms with E-state index in [2.05, 4.69) is 10.6 Å². The van der Waals surface area contributed by atoms with Gasteiger partial charge < -0.3 is 10.6 Å². The third-order valence-electron chi connectivity index (χ3n) is 3.18. The molecule has 1 heterocycles. The maximum Gasteiger partial charge on any atom is 0.234 e. The Hall–Kier alpha value is -0.640. The average Bonchev–Trinajstić information content (AvgIpc) is 2.12. The fourth-order valence-electron chi connectivity index (χ4n) is 2.29. The average molecular weight is 186 g/mol. The molecule has 2 rings (SSSR count).